The molecule has 0 bridgehead atoms. The van der Waals surface area contributed by atoms with Crippen molar-refractivity contribution in [1.29, 1.82) is 0 Å². The Morgan fingerprint density at radius 1 is 1.05 bits per heavy atom. The van der Waals surface area contributed by atoms with Crippen molar-refractivity contribution in [2.24, 2.45) is 0 Å². The van der Waals surface area contributed by atoms with Gasteiger partial charge in [0.2, 0.25) is 0 Å². The van der Waals surface area contributed by atoms with Gasteiger partial charge >= 0.3 is 6.09 Å². The third-order valence-corrected chi connectivity index (χ3v) is 6.27. The summed E-state index contributed by atoms with van der Waals surface area (Å²) in [5.41, 5.74) is 3.93. The number of benzene rings is 1. The van der Waals surface area contributed by atoms with E-state index < -0.39 is 5.60 Å². The van der Waals surface area contributed by atoms with Gasteiger partial charge in [-0.1, -0.05) is 0 Å². The Kier molecular flexibility index (Phi) is 6.05. The fourth-order valence-corrected chi connectivity index (χ4v) is 4.63. The largest absolute Gasteiger partial charge is 0.460 e. The van der Waals surface area contributed by atoms with E-state index in [1.807, 2.05) is 65.9 Å². The monoisotopic (exact) mass is 504 g/mol. The molecular formula is C27H32N6O4. The Labute approximate surface area is 215 Å². The fourth-order valence-electron chi connectivity index (χ4n) is 4.63. The molecule has 0 spiro atoms. The van der Waals surface area contributed by atoms with Gasteiger partial charge in [0.25, 0.3) is 5.91 Å². The zero-order valence-electron chi connectivity index (χ0n) is 22.1. The van der Waals surface area contributed by atoms with Crippen LogP contribution in [0.15, 0.2) is 34.9 Å². The van der Waals surface area contributed by atoms with Gasteiger partial charge in [-0.2, -0.15) is 0 Å². The van der Waals surface area contributed by atoms with Crippen LogP contribution in [0, 0.1) is 20.8 Å². The summed E-state index contributed by atoms with van der Waals surface area (Å²) in [7, 11) is 0. The number of carbonyl (C=O) groups excluding carboxylic acids is 2. The lowest BCUT2D eigenvalue weighted by Crippen LogP contribution is -2.50. The number of aromatic nitrogens is 3. The first-order chi connectivity index (χ1) is 17.5. The van der Waals surface area contributed by atoms with Crippen LogP contribution in [0.4, 0.5) is 16.3 Å². The predicted molar refractivity (Wildman–Crippen MR) is 141 cm³/mol. The lowest BCUT2D eigenvalue weighted by atomic mass is 10.1. The van der Waals surface area contributed by atoms with Gasteiger partial charge in [-0.15, -0.1) is 5.10 Å². The molecule has 1 N–H and O–H groups in total. The van der Waals surface area contributed by atoms with Gasteiger partial charge in [-0.25, -0.2) is 14.3 Å². The number of ether oxygens (including phenoxy) is 1. The molecule has 5 rings (SSSR count). The molecule has 0 radical (unpaired) electrons. The highest BCUT2D eigenvalue weighted by Gasteiger charge is 2.27. The first-order valence-electron chi connectivity index (χ1n) is 12.4. The molecule has 0 aliphatic carbocycles. The van der Waals surface area contributed by atoms with Crippen molar-refractivity contribution in [3.05, 3.63) is 53.0 Å². The molecule has 1 aliphatic heterocycles. The van der Waals surface area contributed by atoms with Crippen molar-refractivity contribution in [3.8, 4) is 0 Å². The molecule has 0 atom stereocenters. The second-order valence-electron chi connectivity index (χ2n) is 10.5. The minimum Gasteiger partial charge on any atom is -0.460 e. The number of piperazine rings is 1. The van der Waals surface area contributed by atoms with Crippen molar-refractivity contribution >= 4 is 40.1 Å². The molecule has 10 heteroatoms. The smallest absolute Gasteiger partial charge is 0.410 e. The first-order valence-corrected chi connectivity index (χ1v) is 12.4. The number of hydrogen-bond donors (Lipinski definition) is 1. The van der Waals surface area contributed by atoms with Gasteiger partial charge in [0, 0.05) is 37.3 Å². The van der Waals surface area contributed by atoms with E-state index in [2.05, 4.69) is 20.3 Å². The van der Waals surface area contributed by atoms with Crippen LogP contribution in [0.5, 0.6) is 0 Å². The number of furan rings is 1. The number of fused-ring (bicyclic) bond motifs is 2. The fraction of sp³-hybridized carbons (Fsp3) is 0.407. The highest BCUT2D eigenvalue weighted by molar-refractivity contribution is 6.13. The highest BCUT2D eigenvalue weighted by atomic mass is 16.6. The molecule has 2 amide bonds. The molecule has 1 aromatic carbocycles. The number of aryl methyl sites for hydroxylation is 3. The second-order valence-corrected chi connectivity index (χ2v) is 10.5. The predicted octanol–water partition coefficient (Wildman–Crippen LogP) is 4.71. The van der Waals surface area contributed by atoms with Crippen molar-refractivity contribution in [2.75, 3.05) is 36.4 Å². The lowest BCUT2D eigenvalue weighted by molar-refractivity contribution is 0.0240. The van der Waals surface area contributed by atoms with Crippen LogP contribution in [0.1, 0.15) is 48.1 Å². The van der Waals surface area contributed by atoms with E-state index in [-0.39, 0.29) is 12.0 Å². The summed E-state index contributed by atoms with van der Waals surface area (Å²) in [6.07, 6.45) is 1.53. The van der Waals surface area contributed by atoms with E-state index in [1.54, 1.807) is 15.5 Å². The lowest BCUT2D eigenvalue weighted by Gasteiger charge is -2.37. The minimum atomic E-state index is -0.525. The van der Waals surface area contributed by atoms with Crippen molar-refractivity contribution < 1.29 is 18.7 Å². The third-order valence-electron chi connectivity index (χ3n) is 6.27. The standard InChI is InChI=1S/C27H32N6O4/c1-16-13-22(30-33-15-17(2)28-24(16)33)29-25(34)19-7-8-21(20-14-18(3)36-23(19)20)31-9-11-32(12-10-31)26(35)37-27(4,5)6/h7-8,13-15H,9-12H2,1-6H3,(H,29,30,34). The van der Waals surface area contributed by atoms with Gasteiger partial charge < -0.3 is 24.3 Å². The SMILES string of the molecule is Cc1cn2nc(NC(=O)c3ccc(N4CCN(C(=O)OC(C)(C)C)CC4)c4cc(C)oc34)cc(C)c2n1. The molecule has 4 aromatic rings. The maximum Gasteiger partial charge on any atom is 0.410 e. The summed E-state index contributed by atoms with van der Waals surface area (Å²) in [5.74, 6) is 0.850. The summed E-state index contributed by atoms with van der Waals surface area (Å²) in [6.45, 7) is 13.7. The van der Waals surface area contributed by atoms with Gasteiger partial charge in [0.1, 0.15) is 16.9 Å². The van der Waals surface area contributed by atoms with E-state index in [1.165, 1.54) is 0 Å². The molecule has 1 aliphatic rings. The average molecular weight is 505 g/mol. The average Bonchev–Trinajstić information content (AvgIpc) is 3.39. The van der Waals surface area contributed by atoms with Crippen LogP contribution in [0.3, 0.4) is 0 Å². The number of imidazole rings is 1. The number of nitrogens with one attached hydrogen (secondary N) is 1. The van der Waals surface area contributed by atoms with Crippen LogP contribution in [-0.4, -0.2) is 63.3 Å². The highest BCUT2D eigenvalue weighted by Crippen LogP contribution is 2.33. The van der Waals surface area contributed by atoms with Crippen LogP contribution < -0.4 is 10.2 Å². The topological polar surface area (TPSA) is 105 Å². The molecule has 194 valence electrons. The maximum atomic E-state index is 13.3. The zero-order valence-corrected chi connectivity index (χ0v) is 22.1. The van der Waals surface area contributed by atoms with E-state index >= 15 is 0 Å². The van der Waals surface area contributed by atoms with Crippen LogP contribution >= 0.6 is 0 Å². The summed E-state index contributed by atoms with van der Waals surface area (Å²) in [5, 5.41) is 8.25. The Morgan fingerprint density at radius 2 is 1.78 bits per heavy atom. The van der Waals surface area contributed by atoms with Gasteiger partial charge in [0.15, 0.2) is 11.5 Å². The Morgan fingerprint density at radius 3 is 2.49 bits per heavy atom. The molecule has 1 saturated heterocycles. The van der Waals surface area contributed by atoms with Crippen LogP contribution in [0.25, 0.3) is 16.6 Å². The van der Waals surface area contributed by atoms with E-state index in [0.717, 1.165) is 28.0 Å². The molecule has 0 saturated carbocycles. The Hall–Kier alpha value is -4.08. The molecule has 1 fully saturated rings. The number of hydrogen-bond acceptors (Lipinski definition) is 7. The number of carbonyl (C=O) groups is 2. The summed E-state index contributed by atoms with van der Waals surface area (Å²) < 4.78 is 13.2. The van der Waals surface area contributed by atoms with E-state index in [9.17, 15) is 9.59 Å². The molecule has 4 heterocycles. The van der Waals surface area contributed by atoms with Crippen molar-refractivity contribution in [2.45, 2.75) is 47.1 Å². The molecule has 10 nitrogen and oxygen atoms in total. The second kappa shape index (κ2) is 9.10. The van der Waals surface area contributed by atoms with Gasteiger partial charge in [-0.3, -0.25) is 4.79 Å². The molecule has 37 heavy (non-hydrogen) atoms. The van der Waals surface area contributed by atoms with Gasteiger partial charge in [-0.05, 0) is 71.4 Å². The number of rotatable bonds is 3. The summed E-state index contributed by atoms with van der Waals surface area (Å²) >= 11 is 0. The Bertz CT molecular complexity index is 1500. The number of anilines is 2. The minimum absolute atomic E-state index is 0.295. The third kappa shape index (κ3) is 4.96. The maximum absolute atomic E-state index is 13.3. The number of nitrogens with zero attached hydrogens (tertiary/aromatic N) is 5. The van der Waals surface area contributed by atoms with Crippen molar-refractivity contribution in [1.82, 2.24) is 19.5 Å². The van der Waals surface area contributed by atoms with Crippen LogP contribution in [0.2, 0.25) is 0 Å². The first kappa shape index (κ1) is 24.6. The molecule has 0 unspecified atom stereocenters. The molecule has 3 aromatic heterocycles. The number of amides is 2. The van der Waals surface area contributed by atoms with E-state index in [4.69, 9.17) is 9.15 Å². The van der Waals surface area contributed by atoms with E-state index in [0.29, 0.717) is 48.9 Å². The summed E-state index contributed by atoms with van der Waals surface area (Å²) in [4.78, 5) is 34.2. The normalized spacial score (nSPS) is 14.4. The Balaban J connectivity index is 1.37. The molecular weight excluding hydrogens is 472 g/mol. The van der Waals surface area contributed by atoms with Crippen molar-refractivity contribution in [3.63, 3.8) is 0 Å². The quantitative estimate of drug-likeness (QED) is 0.431. The van der Waals surface area contributed by atoms with Gasteiger partial charge in [0.05, 0.1) is 17.5 Å². The zero-order chi connectivity index (χ0) is 26.5. The summed E-state index contributed by atoms with van der Waals surface area (Å²) in [6, 6.07) is 7.48. The van der Waals surface area contributed by atoms with Crippen LogP contribution in [-0.2, 0) is 4.74 Å².